The molecule has 20 heavy (non-hydrogen) atoms. The summed E-state index contributed by atoms with van der Waals surface area (Å²) in [6.07, 6.45) is -6.08. The second kappa shape index (κ2) is 5.86. The van der Waals surface area contributed by atoms with E-state index in [1.54, 1.807) is 0 Å². The van der Waals surface area contributed by atoms with Crippen LogP contribution in [0.1, 0.15) is 12.0 Å². The highest BCUT2D eigenvalue weighted by atomic mass is 35.5. The van der Waals surface area contributed by atoms with Gasteiger partial charge in [0, 0.05) is 12.3 Å². The van der Waals surface area contributed by atoms with E-state index < -0.39 is 53.0 Å². The molecule has 0 atom stereocenters. The Morgan fingerprint density at radius 2 is 1.45 bits per heavy atom. The van der Waals surface area contributed by atoms with Gasteiger partial charge in [-0.15, -0.1) is 11.6 Å². The van der Waals surface area contributed by atoms with Crippen LogP contribution in [0.4, 0.5) is 36.4 Å². The first-order valence-electron chi connectivity index (χ1n) is 4.90. The molecule has 1 amide bonds. The summed E-state index contributed by atoms with van der Waals surface area (Å²) < 4.78 is 89.7. The third-order valence-electron chi connectivity index (χ3n) is 2.13. The summed E-state index contributed by atoms with van der Waals surface area (Å²) in [5, 5.41) is 1.42. The predicted molar refractivity (Wildman–Crippen MR) is 55.2 cm³/mol. The Bertz CT molecular complexity index is 514. The Balaban J connectivity index is 3.41. The lowest BCUT2D eigenvalue weighted by atomic mass is 10.1. The Kier molecular flexibility index (Phi) is 4.85. The third-order valence-corrected chi connectivity index (χ3v) is 2.32. The Labute approximate surface area is 112 Å². The van der Waals surface area contributed by atoms with Crippen molar-refractivity contribution in [2.24, 2.45) is 0 Å². The maximum atomic E-state index is 13.3. The van der Waals surface area contributed by atoms with Crippen molar-refractivity contribution in [3.8, 4) is 0 Å². The van der Waals surface area contributed by atoms with Crippen molar-refractivity contribution < 1.29 is 35.5 Å². The molecule has 112 valence electrons. The smallest absolute Gasteiger partial charge is 0.321 e. The van der Waals surface area contributed by atoms with Crippen molar-refractivity contribution in [1.82, 2.24) is 0 Å². The molecule has 0 heterocycles. The number of nitrogens with one attached hydrogen (secondary N) is 1. The SMILES string of the molecule is O=C(CCCl)Nc1c(F)c(F)c(C(F)(F)F)c(F)c1F. The number of anilines is 1. The van der Waals surface area contributed by atoms with Crippen LogP contribution in [-0.4, -0.2) is 11.8 Å². The average molecular weight is 324 g/mol. The molecule has 1 N–H and O–H groups in total. The van der Waals surface area contributed by atoms with Gasteiger partial charge in [-0.2, -0.15) is 13.2 Å². The van der Waals surface area contributed by atoms with Gasteiger partial charge in [0.1, 0.15) is 11.3 Å². The van der Waals surface area contributed by atoms with E-state index in [4.69, 9.17) is 11.6 Å². The lowest BCUT2D eigenvalue weighted by Crippen LogP contribution is -2.20. The lowest BCUT2D eigenvalue weighted by Gasteiger charge is -2.14. The lowest BCUT2D eigenvalue weighted by molar-refractivity contribution is -0.143. The molecule has 0 aliphatic carbocycles. The second-order valence-electron chi connectivity index (χ2n) is 3.49. The molecule has 0 saturated heterocycles. The fourth-order valence-electron chi connectivity index (χ4n) is 1.28. The zero-order valence-corrected chi connectivity index (χ0v) is 10.1. The van der Waals surface area contributed by atoms with Crippen LogP contribution >= 0.6 is 11.6 Å². The third kappa shape index (κ3) is 3.14. The van der Waals surface area contributed by atoms with E-state index >= 15 is 0 Å². The zero-order chi connectivity index (χ0) is 15.7. The maximum Gasteiger partial charge on any atom is 0.422 e. The molecule has 0 saturated carbocycles. The highest BCUT2D eigenvalue weighted by molar-refractivity contribution is 6.19. The fourth-order valence-corrected chi connectivity index (χ4v) is 1.45. The number of hydrogen-bond acceptors (Lipinski definition) is 1. The molecule has 0 aliphatic rings. The number of amides is 1. The molecule has 0 unspecified atom stereocenters. The van der Waals surface area contributed by atoms with Gasteiger partial charge in [-0.25, -0.2) is 17.6 Å². The summed E-state index contributed by atoms with van der Waals surface area (Å²) in [7, 11) is 0. The van der Waals surface area contributed by atoms with Crippen LogP contribution < -0.4 is 5.32 Å². The van der Waals surface area contributed by atoms with Gasteiger partial charge in [0.05, 0.1) is 0 Å². The summed E-state index contributed by atoms with van der Waals surface area (Å²) in [4.78, 5) is 11.0. The van der Waals surface area contributed by atoms with Gasteiger partial charge in [0.25, 0.3) is 0 Å². The molecule has 0 aromatic heterocycles. The van der Waals surface area contributed by atoms with Crippen LogP contribution in [0.2, 0.25) is 0 Å². The normalized spacial score (nSPS) is 11.6. The summed E-state index contributed by atoms with van der Waals surface area (Å²) in [5.41, 5.74) is -4.34. The molecule has 0 fully saturated rings. The van der Waals surface area contributed by atoms with Crippen LogP contribution in [0.15, 0.2) is 0 Å². The highest BCUT2D eigenvalue weighted by Gasteiger charge is 2.42. The van der Waals surface area contributed by atoms with Gasteiger partial charge in [0.15, 0.2) is 23.3 Å². The minimum Gasteiger partial charge on any atom is -0.321 e. The van der Waals surface area contributed by atoms with Crippen LogP contribution in [0.3, 0.4) is 0 Å². The standard InChI is InChI=1S/C10H5ClF7NO/c11-2-1-3(20)19-9-7(14)5(12)4(10(16,17)18)6(13)8(9)15/h1-2H2,(H,19,20). The van der Waals surface area contributed by atoms with Crippen molar-refractivity contribution >= 4 is 23.2 Å². The molecule has 1 rings (SSSR count). The Hall–Kier alpha value is -1.51. The molecule has 0 spiro atoms. The number of rotatable bonds is 3. The zero-order valence-electron chi connectivity index (χ0n) is 9.35. The molecule has 0 bridgehead atoms. The summed E-state index contributed by atoms with van der Waals surface area (Å²) >= 11 is 5.14. The van der Waals surface area contributed by atoms with Crippen LogP contribution in [0, 0.1) is 23.3 Å². The van der Waals surface area contributed by atoms with Crippen molar-refractivity contribution in [3.05, 3.63) is 28.8 Å². The Morgan fingerprint density at radius 3 is 1.80 bits per heavy atom. The van der Waals surface area contributed by atoms with E-state index in [1.807, 2.05) is 0 Å². The van der Waals surface area contributed by atoms with Crippen LogP contribution in [0.25, 0.3) is 0 Å². The van der Waals surface area contributed by atoms with E-state index in [0.717, 1.165) is 0 Å². The first kappa shape index (κ1) is 16.5. The minimum atomic E-state index is -5.63. The van der Waals surface area contributed by atoms with Crippen molar-refractivity contribution in [1.29, 1.82) is 0 Å². The summed E-state index contributed by atoms with van der Waals surface area (Å²) in [6.45, 7) is 0. The van der Waals surface area contributed by atoms with Gasteiger partial charge in [-0.1, -0.05) is 0 Å². The number of benzene rings is 1. The summed E-state index contributed by atoms with van der Waals surface area (Å²) in [6, 6.07) is 0. The highest BCUT2D eigenvalue weighted by Crippen LogP contribution is 2.38. The molecule has 2 nitrogen and oxygen atoms in total. The van der Waals surface area contributed by atoms with Gasteiger partial charge < -0.3 is 5.32 Å². The van der Waals surface area contributed by atoms with Crippen molar-refractivity contribution in [2.75, 3.05) is 11.2 Å². The monoisotopic (exact) mass is 323 g/mol. The van der Waals surface area contributed by atoms with E-state index in [-0.39, 0.29) is 5.88 Å². The van der Waals surface area contributed by atoms with Crippen LogP contribution in [0.5, 0.6) is 0 Å². The second-order valence-corrected chi connectivity index (χ2v) is 3.87. The predicted octanol–water partition coefficient (Wildman–Crippen LogP) is 3.83. The molecular formula is C10H5ClF7NO. The molecule has 1 aromatic rings. The number of alkyl halides is 4. The first-order valence-corrected chi connectivity index (χ1v) is 5.43. The van der Waals surface area contributed by atoms with Gasteiger partial charge in [0.2, 0.25) is 5.91 Å². The van der Waals surface area contributed by atoms with Gasteiger partial charge >= 0.3 is 6.18 Å². The molecular weight excluding hydrogens is 319 g/mol. The quantitative estimate of drug-likeness (QED) is 0.511. The van der Waals surface area contributed by atoms with E-state index in [2.05, 4.69) is 0 Å². The molecule has 0 aliphatic heterocycles. The van der Waals surface area contributed by atoms with Crippen molar-refractivity contribution in [2.45, 2.75) is 12.6 Å². The first-order chi connectivity index (χ1) is 9.11. The minimum absolute atomic E-state index is 0.263. The van der Waals surface area contributed by atoms with Gasteiger partial charge in [-0.05, 0) is 0 Å². The molecule has 1 aromatic carbocycles. The number of hydrogen-bond donors (Lipinski definition) is 1. The maximum absolute atomic E-state index is 13.3. The average Bonchev–Trinajstić information content (AvgIpc) is 2.31. The van der Waals surface area contributed by atoms with Crippen LogP contribution in [-0.2, 0) is 11.0 Å². The number of carbonyl (C=O) groups is 1. The summed E-state index contributed by atoms with van der Waals surface area (Å²) in [5.74, 6) is -11.4. The van der Waals surface area contributed by atoms with E-state index in [9.17, 15) is 35.5 Å². The Morgan fingerprint density at radius 1 is 1.00 bits per heavy atom. The number of carbonyl (C=O) groups excluding carboxylic acids is 1. The molecule has 10 heteroatoms. The largest absolute Gasteiger partial charge is 0.422 e. The van der Waals surface area contributed by atoms with Crippen molar-refractivity contribution in [3.63, 3.8) is 0 Å². The van der Waals surface area contributed by atoms with Gasteiger partial charge in [-0.3, -0.25) is 4.79 Å². The molecule has 0 radical (unpaired) electrons. The topological polar surface area (TPSA) is 29.1 Å². The van der Waals surface area contributed by atoms with E-state index in [0.29, 0.717) is 0 Å². The van der Waals surface area contributed by atoms with E-state index in [1.165, 1.54) is 5.32 Å². The fraction of sp³-hybridized carbons (Fsp3) is 0.300. The number of halogens is 8.